The molecular weight excluding hydrogens is 565 g/mol. The van der Waals surface area contributed by atoms with E-state index in [2.05, 4.69) is 48.3 Å². The van der Waals surface area contributed by atoms with Gasteiger partial charge in [0.1, 0.15) is 11.8 Å². The Morgan fingerprint density at radius 3 is 2.50 bits per heavy atom. The second-order valence-corrected chi connectivity index (χ2v) is 12.3. The molecule has 0 fully saturated rings. The van der Waals surface area contributed by atoms with Gasteiger partial charge in [0.25, 0.3) is 11.5 Å². The SMILES string of the molecule is CCN(CC)C(=O)C1=C(C)N=c2s/c(=C\c3ccc4c(c3)Sc3ccccc3N4C)c(=O)n2[C@H]1c1ccccc1OC. The quantitative estimate of drug-likeness (QED) is 0.301. The van der Waals surface area contributed by atoms with Crippen molar-refractivity contribution in [2.75, 3.05) is 32.1 Å². The summed E-state index contributed by atoms with van der Waals surface area (Å²) in [7, 11) is 3.68. The van der Waals surface area contributed by atoms with Crippen molar-refractivity contribution < 1.29 is 9.53 Å². The fourth-order valence-electron chi connectivity index (χ4n) is 5.66. The van der Waals surface area contributed by atoms with Crippen LogP contribution in [0.25, 0.3) is 6.08 Å². The molecule has 2 aliphatic rings. The van der Waals surface area contributed by atoms with E-state index in [-0.39, 0.29) is 11.5 Å². The number of carbonyl (C=O) groups is 1. The Kier molecular flexibility index (Phi) is 7.55. The number of fused-ring (bicyclic) bond motifs is 3. The van der Waals surface area contributed by atoms with Crippen molar-refractivity contribution in [2.24, 2.45) is 4.99 Å². The number of carbonyl (C=O) groups excluding carboxylic acids is 1. The number of thiazole rings is 1. The van der Waals surface area contributed by atoms with Gasteiger partial charge in [0.05, 0.1) is 34.3 Å². The number of benzene rings is 3. The monoisotopic (exact) mass is 596 g/mol. The molecule has 4 aromatic rings. The molecule has 1 amide bonds. The second-order valence-electron chi connectivity index (χ2n) is 10.2. The van der Waals surface area contributed by atoms with Crippen LogP contribution in [0.4, 0.5) is 11.4 Å². The van der Waals surface area contributed by atoms with Gasteiger partial charge in [-0.25, -0.2) is 4.99 Å². The number of likely N-dealkylation sites (N-methyl/N-ethyl adjacent to an activating group) is 1. The molecule has 2 aliphatic heterocycles. The van der Waals surface area contributed by atoms with Crippen molar-refractivity contribution in [3.8, 4) is 5.75 Å². The minimum atomic E-state index is -0.656. The van der Waals surface area contributed by atoms with Crippen LogP contribution < -0.4 is 24.5 Å². The van der Waals surface area contributed by atoms with Crippen LogP contribution in [0.1, 0.15) is 37.9 Å². The highest BCUT2D eigenvalue weighted by Crippen LogP contribution is 2.47. The van der Waals surface area contributed by atoms with Gasteiger partial charge in [-0.1, -0.05) is 59.5 Å². The summed E-state index contributed by atoms with van der Waals surface area (Å²) in [6, 6.07) is 21.5. The van der Waals surface area contributed by atoms with Gasteiger partial charge in [0, 0.05) is 35.5 Å². The van der Waals surface area contributed by atoms with Gasteiger partial charge in [-0.3, -0.25) is 14.2 Å². The lowest BCUT2D eigenvalue weighted by atomic mass is 9.94. The van der Waals surface area contributed by atoms with Crippen LogP contribution in [-0.2, 0) is 4.79 Å². The summed E-state index contributed by atoms with van der Waals surface area (Å²) in [5.74, 6) is 0.496. The van der Waals surface area contributed by atoms with Crippen molar-refractivity contribution in [3.63, 3.8) is 0 Å². The van der Waals surface area contributed by atoms with E-state index in [9.17, 15) is 9.59 Å². The number of methoxy groups -OCH3 is 1. The zero-order valence-electron chi connectivity index (χ0n) is 24.2. The molecule has 1 atom stereocenters. The van der Waals surface area contributed by atoms with E-state index in [1.165, 1.54) is 21.9 Å². The Morgan fingerprint density at radius 1 is 1.02 bits per heavy atom. The number of para-hydroxylation sites is 2. The molecule has 3 aromatic carbocycles. The summed E-state index contributed by atoms with van der Waals surface area (Å²) in [4.78, 5) is 39.7. The maximum absolute atomic E-state index is 14.2. The third kappa shape index (κ3) is 4.66. The molecule has 7 nitrogen and oxygen atoms in total. The maximum atomic E-state index is 14.2. The average Bonchev–Trinajstić information content (AvgIpc) is 3.30. The Hall–Kier alpha value is -4.08. The zero-order chi connectivity index (χ0) is 29.5. The zero-order valence-corrected chi connectivity index (χ0v) is 25.9. The van der Waals surface area contributed by atoms with Crippen molar-refractivity contribution in [1.82, 2.24) is 9.47 Å². The molecule has 0 bridgehead atoms. The standard InChI is InChI=1S/C33H32N4O3S2/c1-6-36(7-2)32(39)29-20(3)34-33-37(30(29)22-12-8-10-14-25(22)40-5)31(38)28(42-33)19-21-16-17-24-27(18-21)41-26-15-11-9-13-23(26)35(24)4/h8-19,30H,6-7H2,1-5H3/b28-19-/t30-/m0/s1. The first-order valence-corrected chi connectivity index (χ1v) is 15.6. The van der Waals surface area contributed by atoms with Crippen LogP contribution in [0.2, 0.25) is 0 Å². The third-order valence-corrected chi connectivity index (χ3v) is 9.92. The summed E-state index contributed by atoms with van der Waals surface area (Å²) in [6.45, 7) is 6.89. The first kappa shape index (κ1) is 28.1. The Balaban J connectivity index is 1.50. The summed E-state index contributed by atoms with van der Waals surface area (Å²) in [6.07, 6.45) is 1.93. The second kappa shape index (κ2) is 11.3. The minimum absolute atomic E-state index is 0.123. The predicted molar refractivity (Wildman–Crippen MR) is 170 cm³/mol. The molecule has 6 rings (SSSR count). The first-order valence-electron chi connectivity index (χ1n) is 14.0. The van der Waals surface area contributed by atoms with E-state index in [0.29, 0.717) is 39.4 Å². The van der Waals surface area contributed by atoms with Crippen molar-refractivity contribution >= 4 is 46.5 Å². The lowest BCUT2D eigenvalue weighted by Crippen LogP contribution is -2.43. The molecule has 0 spiro atoms. The molecule has 3 heterocycles. The van der Waals surface area contributed by atoms with Gasteiger partial charge >= 0.3 is 0 Å². The molecule has 0 saturated heterocycles. The van der Waals surface area contributed by atoms with Crippen LogP contribution in [0, 0.1) is 0 Å². The predicted octanol–water partition coefficient (Wildman–Crippen LogP) is 5.34. The number of hydrogen-bond donors (Lipinski definition) is 0. The number of anilines is 2. The van der Waals surface area contributed by atoms with E-state index in [0.717, 1.165) is 21.7 Å². The maximum Gasteiger partial charge on any atom is 0.271 e. The summed E-state index contributed by atoms with van der Waals surface area (Å²) < 4.78 is 7.94. The van der Waals surface area contributed by atoms with Crippen molar-refractivity contribution in [2.45, 2.75) is 36.6 Å². The number of rotatable bonds is 6. The van der Waals surface area contributed by atoms with E-state index < -0.39 is 6.04 Å². The van der Waals surface area contributed by atoms with Crippen LogP contribution >= 0.6 is 23.1 Å². The Bertz CT molecular complexity index is 1920. The molecule has 0 saturated carbocycles. The van der Waals surface area contributed by atoms with E-state index >= 15 is 0 Å². The lowest BCUT2D eigenvalue weighted by Gasteiger charge is -2.29. The van der Waals surface area contributed by atoms with Gasteiger partial charge in [-0.2, -0.15) is 0 Å². The Morgan fingerprint density at radius 2 is 1.74 bits per heavy atom. The van der Waals surface area contributed by atoms with Gasteiger partial charge < -0.3 is 14.5 Å². The normalized spacial score (nSPS) is 16.0. The molecule has 42 heavy (non-hydrogen) atoms. The van der Waals surface area contributed by atoms with Gasteiger partial charge in [-0.15, -0.1) is 0 Å². The van der Waals surface area contributed by atoms with Crippen LogP contribution in [0.15, 0.2) is 97.6 Å². The molecule has 0 radical (unpaired) electrons. The van der Waals surface area contributed by atoms with Crippen LogP contribution in [0.5, 0.6) is 5.75 Å². The lowest BCUT2D eigenvalue weighted by molar-refractivity contribution is -0.127. The molecule has 214 valence electrons. The molecule has 0 unspecified atom stereocenters. The summed E-state index contributed by atoms with van der Waals surface area (Å²) in [5, 5.41) is 0. The minimum Gasteiger partial charge on any atom is -0.496 e. The van der Waals surface area contributed by atoms with Crippen LogP contribution in [0.3, 0.4) is 0 Å². The van der Waals surface area contributed by atoms with Crippen molar-refractivity contribution in [3.05, 3.63) is 109 Å². The fraction of sp³-hybridized carbons (Fsp3) is 0.242. The molecule has 9 heteroatoms. The molecule has 0 aliphatic carbocycles. The summed E-state index contributed by atoms with van der Waals surface area (Å²) >= 11 is 3.08. The number of amides is 1. The number of nitrogens with zero attached hydrogens (tertiary/aromatic N) is 4. The number of allylic oxidation sites excluding steroid dienone is 1. The summed E-state index contributed by atoms with van der Waals surface area (Å²) in [5.41, 5.74) is 4.92. The highest BCUT2D eigenvalue weighted by Gasteiger charge is 2.35. The first-order chi connectivity index (χ1) is 20.4. The van der Waals surface area contributed by atoms with Gasteiger partial charge in [-0.05, 0) is 62.7 Å². The number of ether oxygens (including phenoxy) is 1. The van der Waals surface area contributed by atoms with E-state index in [1.54, 1.807) is 28.3 Å². The Labute approximate surface area is 253 Å². The van der Waals surface area contributed by atoms with E-state index in [1.807, 2.05) is 57.2 Å². The van der Waals surface area contributed by atoms with Crippen LogP contribution in [-0.4, -0.2) is 42.6 Å². The average molecular weight is 597 g/mol. The fourth-order valence-corrected chi connectivity index (χ4v) is 7.91. The molecule has 1 aromatic heterocycles. The largest absolute Gasteiger partial charge is 0.496 e. The number of aromatic nitrogens is 1. The van der Waals surface area contributed by atoms with Crippen molar-refractivity contribution in [1.29, 1.82) is 0 Å². The molecule has 0 N–H and O–H groups in total. The molecular formula is C33H32N4O3S2. The topological polar surface area (TPSA) is 67.1 Å². The highest BCUT2D eigenvalue weighted by atomic mass is 32.2. The van der Waals surface area contributed by atoms with E-state index in [4.69, 9.17) is 9.73 Å². The smallest absolute Gasteiger partial charge is 0.271 e. The third-order valence-electron chi connectivity index (χ3n) is 7.83. The van der Waals surface area contributed by atoms with Gasteiger partial charge in [0.2, 0.25) is 0 Å². The van der Waals surface area contributed by atoms with Gasteiger partial charge in [0.15, 0.2) is 4.80 Å². The number of hydrogen-bond acceptors (Lipinski definition) is 7. The highest BCUT2D eigenvalue weighted by molar-refractivity contribution is 7.99.